The molecule has 0 radical (unpaired) electrons. The molecule has 198 valence electrons. The molecule has 0 aromatic heterocycles. The van der Waals surface area contributed by atoms with E-state index >= 15 is 0 Å². The van der Waals surface area contributed by atoms with Crippen molar-refractivity contribution in [2.45, 2.75) is 31.6 Å². The van der Waals surface area contributed by atoms with Crippen LogP contribution >= 0.6 is 22.6 Å². The Labute approximate surface area is 244 Å². The maximum absolute atomic E-state index is 5.81. The number of hydrogen-bond acceptors (Lipinski definition) is 4. The van der Waals surface area contributed by atoms with Crippen LogP contribution in [0.2, 0.25) is 0 Å². The normalized spacial score (nSPS) is 18.2. The van der Waals surface area contributed by atoms with Gasteiger partial charge in [-0.15, -0.1) is 0 Å². The molecule has 0 saturated carbocycles. The monoisotopic (exact) mass is 628 g/mol. The molecule has 2 aliphatic heterocycles. The van der Waals surface area contributed by atoms with Crippen LogP contribution < -0.4 is 14.4 Å². The molecule has 4 nitrogen and oxygen atoms in total. The first-order chi connectivity index (χ1) is 19.2. The van der Waals surface area contributed by atoms with Gasteiger partial charge in [0.05, 0.1) is 23.0 Å². The summed E-state index contributed by atoms with van der Waals surface area (Å²) < 4.78 is 12.5. The highest BCUT2D eigenvalue weighted by molar-refractivity contribution is 14.1. The molecule has 0 saturated heterocycles. The SMILES string of the molecule is CCOc1c(I)cc(C=Nc2cc3c4c(c2)[C@@H](c2ccccc2)CCN4CC[C@@H]3c2ccccc2)cc1OC. The summed E-state index contributed by atoms with van der Waals surface area (Å²) >= 11 is 2.31. The highest BCUT2D eigenvalue weighted by Gasteiger charge is 2.35. The Morgan fingerprint density at radius 3 is 2.00 bits per heavy atom. The van der Waals surface area contributed by atoms with E-state index in [1.165, 1.54) is 27.9 Å². The molecule has 0 aliphatic carbocycles. The lowest BCUT2D eigenvalue weighted by Crippen LogP contribution is -2.37. The molecule has 2 aliphatic rings. The third-order valence-corrected chi connectivity index (χ3v) is 8.70. The van der Waals surface area contributed by atoms with E-state index in [9.17, 15) is 0 Å². The van der Waals surface area contributed by atoms with Crippen LogP contribution in [0.25, 0.3) is 0 Å². The Kier molecular flexibility index (Phi) is 7.60. The highest BCUT2D eigenvalue weighted by Crippen LogP contribution is 2.50. The van der Waals surface area contributed by atoms with Gasteiger partial charge < -0.3 is 14.4 Å². The van der Waals surface area contributed by atoms with Gasteiger partial charge in [-0.3, -0.25) is 4.99 Å². The van der Waals surface area contributed by atoms with Crippen LogP contribution in [0.3, 0.4) is 0 Å². The van der Waals surface area contributed by atoms with E-state index in [1.54, 1.807) is 7.11 Å². The molecule has 5 heteroatoms. The number of ether oxygens (including phenoxy) is 2. The van der Waals surface area contributed by atoms with Gasteiger partial charge in [-0.2, -0.15) is 0 Å². The predicted molar refractivity (Wildman–Crippen MR) is 169 cm³/mol. The minimum Gasteiger partial charge on any atom is -0.493 e. The molecular weight excluding hydrogens is 595 g/mol. The second-order valence-electron chi connectivity index (χ2n) is 10.2. The number of benzene rings is 4. The number of halogens is 1. The molecular formula is C34H33IN2O2. The first-order valence-corrected chi connectivity index (χ1v) is 14.8. The Morgan fingerprint density at radius 1 is 0.872 bits per heavy atom. The minimum atomic E-state index is 0.368. The molecule has 39 heavy (non-hydrogen) atoms. The number of methoxy groups -OCH3 is 1. The van der Waals surface area contributed by atoms with Gasteiger partial charge in [0.25, 0.3) is 0 Å². The number of aliphatic imine (C=N–C) groups is 1. The zero-order valence-corrected chi connectivity index (χ0v) is 24.6. The van der Waals surface area contributed by atoms with E-state index in [0.29, 0.717) is 18.4 Å². The first-order valence-electron chi connectivity index (χ1n) is 13.7. The van der Waals surface area contributed by atoms with Crippen molar-refractivity contribution in [3.63, 3.8) is 0 Å². The molecule has 0 amide bonds. The smallest absolute Gasteiger partial charge is 0.174 e. The Balaban J connectivity index is 1.46. The summed E-state index contributed by atoms with van der Waals surface area (Å²) in [6.07, 6.45) is 4.19. The summed E-state index contributed by atoms with van der Waals surface area (Å²) in [7, 11) is 1.68. The highest BCUT2D eigenvalue weighted by atomic mass is 127. The van der Waals surface area contributed by atoms with E-state index in [-0.39, 0.29) is 0 Å². The average molecular weight is 629 g/mol. The Hall–Kier alpha value is -3.32. The van der Waals surface area contributed by atoms with E-state index in [1.807, 2.05) is 19.2 Å². The van der Waals surface area contributed by atoms with Crippen LogP contribution in [0, 0.1) is 3.57 Å². The molecule has 2 heterocycles. The lowest BCUT2D eigenvalue weighted by Gasteiger charge is -2.43. The van der Waals surface area contributed by atoms with Crippen LogP contribution in [0.15, 0.2) is 89.9 Å². The van der Waals surface area contributed by atoms with E-state index < -0.39 is 0 Å². The van der Waals surface area contributed by atoms with Gasteiger partial charge in [-0.05, 0) is 94.4 Å². The summed E-state index contributed by atoms with van der Waals surface area (Å²) in [6, 6.07) is 30.7. The van der Waals surface area contributed by atoms with Gasteiger partial charge in [0.1, 0.15) is 0 Å². The van der Waals surface area contributed by atoms with Crippen molar-refractivity contribution in [1.82, 2.24) is 0 Å². The summed E-state index contributed by atoms with van der Waals surface area (Å²) in [4.78, 5) is 7.66. The van der Waals surface area contributed by atoms with Gasteiger partial charge >= 0.3 is 0 Å². The quantitative estimate of drug-likeness (QED) is 0.153. The summed E-state index contributed by atoms with van der Waals surface area (Å²) in [5.74, 6) is 2.25. The molecule has 4 aromatic carbocycles. The van der Waals surface area contributed by atoms with E-state index in [0.717, 1.165) is 52.3 Å². The fourth-order valence-corrected chi connectivity index (χ4v) is 6.94. The van der Waals surface area contributed by atoms with Crippen LogP contribution in [0.1, 0.15) is 59.4 Å². The van der Waals surface area contributed by atoms with E-state index in [4.69, 9.17) is 14.5 Å². The first kappa shape index (κ1) is 25.9. The van der Waals surface area contributed by atoms with Crippen LogP contribution in [0.4, 0.5) is 11.4 Å². The van der Waals surface area contributed by atoms with Gasteiger partial charge in [0.15, 0.2) is 11.5 Å². The largest absolute Gasteiger partial charge is 0.493 e. The molecule has 2 atom stereocenters. The number of anilines is 1. The summed E-state index contributed by atoms with van der Waals surface area (Å²) in [5.41, 5.74) is 8.98. The van der Waals surface area contributed by atoms with Crippen molar-refractivity contribution in [3.05, 3.63) is 116 Å². The zero-order valence-electron chi connectivity index (χ0n) is 22.4. The van der Waals surface area contributed by atoms with Crippen LogP contribution in [-0.4, -0.2) is 33.0 Å². The van der Waals surface area contributed by atoms with Gasteiger partial charge in [-0.25, -0.2) is 0 Å². The zero-order chi connectivity index (χ0) is 26.8. The average Bonchev–Trinajstić information content (AvgIpc) is 2.98. The molecule has 0 bridgehead atoms. The predicted octanol–water partition coefficient (Wildman–Crippen LogP) is 8.33. The third kappa shape index (κ3) is 5.17. The van der Waals surface area contributed by atoms with Crippen molar-refractivity contribution in [2.24, 2.45) is 4.99 Å². The Bertz CT molecular complexity index is 1410. The lowest BCUT2D eigenvalue weighted by molar-refractivity contribution is 0.308. The van der Waals surface area contributed by atoms with Crippen molar-refractivity contribution >= 4 is 40.2 Å². The standard InChI is InChI=1S/C34H33IN2O2/c1-3-39-34-31(35)18-23(19-32(34)38-2)22-36-26-20-29-27(24-10-6-4-7-11-24)14-16-37-17-15-28(30(21-26)33(29)37)25-12-8-5-9-13-25/h4-13,18-22,27-28H,3,14-17H2,1-2H3/t27-,28-/m1/s1. The van der Waals surface area contributed by atoms with Gasteiger partial charge in [0.2, 0.25) is 0 Å². The minimum absolute atomic E-state index is 0.368. The van der Waals surface area contributed by atoms with Crippen molar-refractivity contribution in [1.29, 1.82) is 0 Å². The van der Waals surface area contributed by atoms with E-state index in [2.05, 4.69) is 106 Å². The van der Waals surface area contributed by atoms with Crippen molar-refractivity contribution in [3.8, 4) is 11.5 Å². The molecule has 0 N–H and O–H groups in total. The fraction of sp³-hybridized carbons (Fsp3) is 0.265. The van der Waals surface area contributed by atoms with Crippen LogP contribution in [-0.2, 0) is 0 Å². The molecule has 0 fully saturated rings. The third-order valence-electron chi connectivity index (χ3n) is 7.90. The van der Waals surface area contributed by atoms with Gasteiger partial charge in [-0.1, -0.05) is 60.7 Å². The molecule has 4 aromatic rings. The van der Waals surface area contributed by atoms with Crippen LogP contribution in [0.5, 0.6) is 11.5 Å². The number of hydrogen-bond donors (Lipinski definition) is 0. The maximum Gasteiger partial charge on any atom is 0.174 e. The summed E-state index contributed by atoms with van der Waals surface area (Å²) in [6.45, 7) is 4.77. The fourth-order valence-electron chi connectivity index (χ4n) is 6.16. The maximum atomic E-state index is 5.81. The lowest BCUT2D eigenvalue weighted by atomic mass is 9.76. The second kappa shape index (κ2) is 11.4. The molecule has 0 unspecified atom stereocenters. The molecule has 6 rings (SSSR count). The molecule has 0 spiro atoms. The second-order valence-corrected chi connectivity index (χ2v) is 11.4. The van der Waals surface area contributed by atoms with Crippen molar-refractivity contribution in [2.75, 3.05) is 31.7 Å². The topological polar surface area (TPSA) is 34.1 Å². The number of rotatable bonds is 7. The summed E-state index contributed by atoms with van der Waals surface area (Å²) in [5, 5.41) is 0. The Morgan fingerprint density at radius 2 is 1.46 bits per heavy atom. The number of nitrogens with zero attached hydrogens (tertiary/aromatic N) is 2. The van der Waals surface area contributed by atoms with Gasteiger partial charge in [0, 0.05) is 36.8 Å². The van der Waals surface area contributed by atoms with Crippen molar-refractivity contribution < 1.29 is 9.47 Å².